The molecule has 1 aromatic heterocycles. The van der Waals surface area contributed by atoms with Crippen LogP contribution in [0.3, 0.4) is 0 Å². The van der Waals surface area contributed by atoms with Crippen LogP contribution in [0.5, 0.6) is 17.4 Å². The third-order valence-corrected chi connectivity index (χ3v) is 6.29. The van der Waals surface area contributed by atoms with E-state index in [4.69, 9.17) is 24.2 Å². The molecule has 35 heavy (non-hydrogen) atoms. The Morgan fingerprint density at radius 3 is 2.40 bits per heavy atom. The van der Waals surface area contributed by atoms with E-state index in [1.54, 1.807) is 14.2 Å². The van der Waals surface area contributed by atoms with Gasteiger partial charge in [0.1, 0.15) is 6.10 Å². The van der Waals surface area contributed by atoms with E-state index in [0.717, 1.165) is 62.9 Å². The van der Waals surface area contributed by atoms with Crippen molar-refractivity contribution in [3.8, 4) is 17.4 Å². The fourth-order valence-electron chi connectivity index (χ4n) is 4.38. The van der Waals surface area contributed by atoms with E-state index < -0.39 is 0 Å². The van der Waals surface area contributed by atoms with Crippen LogP contribution in [0.15, 0.2) is 42.5 Å². The maximum atomic E-state index is 6.50. The Kier molecular flexibility index (Phi) is 8.60. The van der Waals surface area contributed by atoms with Crippen LogP contribution in [0, 0.1) is 0 Å². The van der Waals surface area contributed by atoms with E-state index in [0.29, 0.717) is 23.3 Å². The molecule has 2 aromatic carbocycles. The van der Waals surface area contributed by atoms with Crippen LogP contribution in [0.2, 0.25) is 0 Å². The van der Waals surface area contributed by atoms with Gasteiger partial charge in [-0.2, -0.15) is 4.98 Å². The number of fused-ring (bicyclic) bond motifs is 1. The van der Waals surface area contributed by atoms with Crippen LogP contribution < -0.4 is 19.5 Å². The van der Waals surface area contributed by atoms with Gasteiger partial charge in [0.15, 0.2) is 11.5 Å². The van der Waals surface area contributed by atoms with Gasteiger partial charge in [0, 0.05) is 32.2 Å². The van der Waals surface area contributed by atoms with Gasteiger partial charge in [-0.3, -0.25) is 4.90 Å². The zero-order chi connectivity index (χ0) is 24.6. The number of benzene rings is 2. The van der Waals surface area contributed by atoms with Crippen molar-refractivity contribution in [3.05, 3.63) is 48.0 Å². The Morgan fingerprint density at radius 1 is 1.00 bits per heavy atom. The number of rotatable bonds is 11. The lowest BCUT2D eigenvalue weighted by molar-refractivity contribution is 0.0945. The van der Waals surface area contributed by atoms with Crippen molar-refractivity contribution in [2.24, 2.45) is 0 Å². The second kappa shape index (κ2) is 12.0. The van der Waals surface area contributed by atoms with Gasteiger partial charge < -0.3 is 24.4 Å². The molecule has 1 N–H and O–H groups in total. The summed E-state index contributed by atoms with van der Waals surface area (Å²) in [6.45, 7) is 4.75. The fourth-order valence-corrected chi connectivity index (χ4v) is 4.38. The van der Waals surface area contributed by atoms with Crippen molar-refractivity contribution in [1.29, 1.82) is 0 Å². The van der Waals surface area contributed by atoms with E-state index in [9.17, 15) is 0 Å². The molecule has 1 aliphatic rings. The van der Waals surface area contributed by atoms with E-state index in [-0.39, 0.29) is 6.10 Å². The van der Waals surface area contributed by atoms with Crippen LogP contribution in [0.1, 0.15) is 24.8 Å². The quantitative estimate of drug-likeness (QED) is 0.413. The first-order chi connectivity index (χ1) is 17.1. The number of hydrogen-bond acceptors (Lipinski definition) is 8. The first kappa shape index (κ1) is 25.0. The third kappa shape index (κ3) is 6.74. The second-order valence-electron chi connectivity index (χ2n) is 9.24. The van der Waals surface area contributed by atoms with E-state index in [1.165, 1.54) is 5.56 Å². The summed E-state index contributed by atoms with van der Waals surface area (Å²) in [7, 11) is 7.41. The summed E-state index contributed by atoms with van der Waals surface area (Å²) in [4.78, 5) is 14.1. The number of methoxy groups -OCH3 is 2. The number of likely N-dealkylation sites (tertiary alicyclic amines) is 1. The van der Waals surface area contributed by atoms with Gasteiger partial charge >= 0.3 is 0 Å². The van der Waals surface area contributed by atoms with Crippen LogP contribution in [-0.2, 0) is 6.54 Å². The number of ether oxygens (including phenoxy) is 3. The Hall–Kier alpha value is -3.10. The van der Waals surface area contributed by atoms with Crippen molar-refractivity contribution in [1.82, 2.24) is 19.8 Å². The average Bonchev–Trinajstić information content (AvgIpc) is 2.87. The Bertz CT molecular complexity index is 1090. The highest BCUT2D eigenvalue weighted by Gasteiger charge is 2.23. The first-order valence-corrected chi connectivity index (χ1v) is 12.3. The van der Waals surface area contributed by atoms with Crippen LogP contribution >= 0.6 is 0 Å². The van der Waals surface area contributed by atoms with Gasteiger partial charge in [-0.05, 0) is 51.5 Å². The molecule has 0 radical (unpaired) electrons. The number of anilines is 1. The molecule has 0 unspecified atom stereocenters. The minimum atomic E-state index is 0.106. The predicted molar refractivity (Wildman–Crippen MR) is 140 cm³/mol. The molecule has 1 saturated heterocycles. The van der Waals surface area contributed by atoms with Crippen molar-refractivity contribution < 1.29 is 14.2 Å². The van der Waals surface area contributed by atoms with Gasteiger partial charge in [0.25, 0.3) is 0 Å². The van der Waals surface area contributed by atoms with E-state index in [2.05, 4.69) is 59.5 Å². The normalized spacial score (nSPS) is 14.9. The molecule has 4 rings (SSSR count). The first-order valence-electron chi connectivity index (χ1n) is 12.3. The summed E-state index contributed by atoms with van der Waals surface area (Å²) >= 11 is 0. The molecular weight excluding hydrogens is 442 g/mol. The molecular formula is C27H37N5O3. The van der Waals surface area contributed by atoms with Crippen LogP contribution in [-0.4, -0.2) is 80.4 Å². The molecule has 188 valence electrons. The van der Waals surface area contributed by atoms with Gasteiger partial charge in [-0.25, -0.2) is 4.98 Å². The molecule has 2 heterocycles. The zero-order valence-corrected chi connectivity index (χ0v) is 21.3. The van der Waals surface area contributed by atoms with Crippen molar-refractivity contribution in [3.63, 3.8) is 0 Å². The van der Waals surface area contributed by atoms with Gasteiger partial charge in [-0.1, -0.05) is 30.3 Å². The lowest BCUT2D eigenvalue weighted by atomic mass is 10.1. The number of nitrogens with zero attached hydrogens (tertiary/aromatic N) is 4. The highest BCUT2D eigenvalue weighted by atomic mass is 16.5. The number of hydrogen-bond donors (Lipinski definition) is 1. The number of piperidine rings is 1. The molecule has 0 amide bonds. The summed E-state index contributed by atoms with van der Waals surface area (Å²) in [5, 5.41) is 4.19. The lowest BCUT2D eigenvalue weighted by Gasteiger charge is -2.32. The molecule has 8 heteroatoms. The van der Waals surface area contributed by atoms with Crippen molar-refractivity contribution in [2.75, 3.05) is 59.8 Å². The van der Waals surface area contributed by atoms with Crippen molar-refractivity contribution in [2.45, 2.75) is 31.9 Å². The van der Waals surface area contributed by atoms with Gasteiger partial charge in [-0.15, -0.1) is 0 Å². The van der Waals surface area contributed by atoms with Crippen LogP contribution in [0.4, 0.5) is 5.95 Å². The highest BCUT2D eigenvalue weighted by Crippen LogP contribution is 2.36. The predicted octanol–water partition coefficient (Wildman–Crippen LogP) is 4.05. The number of aromatic nitrogens is 2. The minimum Gasteiger partial charge on any atom is -0.493 e. The molecule has 8 nitrogen and oxygen atoms in total. The standard InChI is InChI=1S/C27H37N5O3/c1-31(2)14-8-13-28-27-29-23-18-25(34-4)24(33-3)17-22(23)26(30-27)35-21-11-15-32(16-12-21)19-20-9-6-5-7-10-20/h5-7,9-10,17-18,21H,8,11-16,19H2,1-4H3,(H,28,29,30). The molecule has 0 atom stereocenters. The largest absolute Gasteiger partial charge is 0.493 e. The Balaban J connectivity index is 1.49. The minimum absolute atomic E-state index is 0.106. The lowest BCUT2D eigenvalue weighted by Crippen LogP contribution is -2.38. The smallest absolute Gasteiger partial charge is 0.226 e. The molecule has 1 aliphatic heterocycles. The Morgan fingerprint density at radius 2 is 1.71 bits per heavy atom. The molecule has 0 saturated carbocycles. The van der Waals surface area contributed by atoms with Crippen molar-refractivity contribution >= 4 is 16.9 Å². The van der Waals surface area contributed by atoms with E-state index >= 15 is 0 Å². The Labute approximate surface area is 208 Å². The molecule has 0 bridgehead atoms. The maximum absolute atomic E-state index is 6.50. The molecule has 0 spiro atoms. The summed E-state index contributed by atoms with van der Waals surface area (Å²) < 4.78 is 17.5. The topological polar surface area (TPSA) is 72.0 Å². The summed E-state index contributed by atoms with van der Waals surface area (Å²) in [5.41, 5.74) is 2.11. The van der Waals surface area contributed by atoms with Crippen LogP contribution in [0.25, 0.3) is 10.9 Å². The molecule has 0 aliphatic carbocycles. The number of nitrogens with one attached hydrogen (secondary N) is 1. The monoisotopic (exact) mass is 479 g/mol. The fraction of sp³-hybridized carbons (Fsp3) is 0.481. The van der Waals surface area contributed by atoms with E-state index in [1.807, 2.05) is 12.1 Å². The molecule has 3 aromatic rings. The average molecular weight is 480 g/mol. The van der Waals surface area contributed by atoms with Gasteiger partial charge in [0.05, 0.1) is 25.1 Å². The zero-order valence-electron chi connectivity index (χ0n) is 21.3. The maximum Gasteiger partial charge on any atom is 0.226 e. The summed E-state index contributed by atoms with van der Waals surface area (Å²) in [6.07, 6.45) is 3.01. The summed E-state index contributed by atoms with van der Waals surface area (Å²) in [6, 6.07) is 14.4. The third-order valence-electron chi connectivity index (χ3n) is 6.29. The van der Waals surface area contributed by atoms with Gasteiger partial charge in [0.2, 0.25) is 11.8 Å². The molecule has 1 fully saturated rings. The summed E-state index contributed by atoms with van der Waals surface area (Å²) in [5.74, 6) is 2.43. The second-order valence-corrected chi connectivity index (χ2v) is 9.24. The SMILES string of the molecule is COc1cc2nc(NCCCN(C)C)nc(OC3CCN(Cc4ccccc4)CC3)c2cc1OC. The highest BCUT2D eigenvalue weighted by molar-refractivity contribution is 5.88.